The molecule has 0 spiro atoms. The fourth-order valence-corrected chi connectivity index (χ4v) is 4.43. The molecular formula is C14H19ClN2O4S. The highest BCUT2D eigenvalue weighted by Crippen LogP contribution is 2.24. The highest BCUT2D eigenvalue weighted by Gasteiger charge is 2.30. The topological polar surface area (TPSA) is 86.7 Å². The third kappa shape index (κ3) is 4.42. The second-order valence-corrected chi connectivity index (χ2v) is 7.73. The second kappa shape index (κ2) is 7.41. The number of piperidine rings is 1. The smallest absolute Gasteiger partial charge is 0.317 e. The molecule has 1 saturated heterocycles. The van der Waals surface area contributed by atoms with Crippen molar-refractivity contribution < 1.29 is 18.3 Å². The van der Waals surface area contributed by atoms with Gasteiger partial charge in [-0.25, -0.2) is 8.42 Å². The molecular weight excluding hydrogens is 328 g/mol. The molecule has 0 saturated carbocycles. The molecule has 1 fully saturated rings. The molecule has 1 aromatic carbocycles. The molecule has 0 bridgehead atoms. The minimum absolute atomic E-state index is 0.113. The maximum atomic E-state index is 12.6. The van der Waals surface area contributed by atoms with Crippen LogP contribution in [0, 0.1) is 5.92 Å². The number of carboxylic acids is 1. The minimum Gasteiger partial charge on any atom is -0.480 e. The van der Waals surface area contributed by atoms with Crippen LogP contribution >= 0.6 is 11.6 Å². The number of nitrogens with zero attached hydrogens (tertiary/aromatic N) is 1. The number of hydrogen-bond acceptors (Lipinski definition) is 4. The van der Waals surface area contributed by atoms with Crippen LogP contribution in [0.4, 0.5) is 0 Å². The highest BCUT2D eigenvalue weighted by atomic mass is 35.5. The number of carboxylic acid groups (broad SMARTS) is 1. The number of nitrogens with one attached hydrogen (secondary N) is 1. The van der Waals surface area contributed by atoms with Crippen molar-refractivity contribution in [2.45, 2.75) is 17.7 Å². The summed E-state index contributed by atoms with van der Waals surface area (Å²) in [4.78, 5) is 10.7. The van der Waals surface area contributed by atoms with Gasteiger partial charge >= 0.3 is 5.97 Å². The molecule has 0 aliphatic carbocycles. The van der Waals surface area contributed by atoms with Crippen LogP contribution in [0.2, 0.25) is 5.02 Å². The average Bonchev–Trinajstić information content (AvgIpc) is 2.47. The number of rotatable bonds is 6. The third-order valence-electron chi connectivity index (χ3n) is 3.62. The molecule has 1 atom stereocenters. The first-order chi connectivity index (χ1) is 10.4. The second-order valence-electron chi connectivity index (χ2n) is 5.35. The molecule has 22 heavy (non-hydrogen) atoms. The van der Waals surface area contributed by atoms with Crippen molar-refractivity contribution in [1.82, 2.24) is 9.62 Å². The van der Waals surface area contributed by atoms with Gasteiger partial charge in [-0.3, -0.25) is 4.79 Å². The Morgan fingerprint density at radius 3 is 2.91 bits per heavy atom. The first kappa shape index (κ1) is 17.2. The summed E-state index contributed by atoms with van der Waals surface area (Å²) in [6.07, 6.45) is 1.65. The van der Waals surface area contributed by atoms with Crippen molar-refractivity contribution in [2.24, 2.45) is 5.92 Å². The van der Waals surface area contributed by atoms with Gasteiger partial charge in [-0.05, 0) is 43.5 Å². The maximum absolute atomic E-state index is 12.6. The van der Waals surface area contributed by atoms with Gasteiger partial charge in [0.2, 0.25) is 10.0 Å². The van der Waals surface area contributed by atoms with Gasteiger partial charge in [-0.15, -0.1) is 0 Å². The van der Waals surface area contributed by atoms with Gasteiger partial charge < -0.3 is 10.4 Å². The Morgan fingerprint density at radius 2 is 2.23 bits per heavy atom. The molecule has 1 unspecified atom stereocenters. The quantitative estimate of drug-likeness (QED) is 0.813. The molecule has 0 radical (unpaired) electrons. The molecule has 1 aromatic rings. The monoisotopic (exact) mass is 346 g/mol. The van der Waals surface area contributed by atoms with E-state index in [0.29, 0.717) is 24.7 Å². The fourth-order valence-electron chi connectivity index (χ4n) is 2.57. The van der Waals surface area contributed by atoms with Gasteiger partial charge in [0, 0.05) is 18.1 Å². The summed E-state index contributed by atoms with van der Waals surface area (Å²) in [5.41, 5.74) is 0. The first-order valence-corrected chi connectivity index (χ1v) is 8.89. The van der Waals surface area contributed by atoms with Crippen molar-refractivity contribution in [3.05, 3.63) is 29.3 Å². The third-order valence-corrected chi connectivity index (χ3v) is 5.72. The Balaban J connectivity index is 2.03. The van der Waals surface area contributed by atoms with E-state index in [9.17, 15) is 13.2 Å². The summed E-state index contributed by atoms with van der Waals surface area (Å²) in [5, 5.41) is 11.8. The van der Waals surface area contributed by atoms with Gasteiger partial charge in [0.05, 0.1) is 11.4 Å². The molecule has 0 aromatic heterocycles. The molecule has 2 rings (SSSR count). The molecule has 0 amide bonds. The number of hydrogen-bond donors (Lipinski definition) is 2. The van der Waals surface area contributed by atoms with Crippen LogP contribution in [0.15, 0.2) is 29.2 Å². The van der Waals surface area contributed by atoms with Gasteiger partial charge in [0.1, 0.15) is 0 Å². The lowest BCUT2D eigenvalue weighted by atomic mass is 10.00. The molecule has 1 aliphatic rings. The number of sulfonamides is 1. The normalized spacial score (nSPS) is 20.0. The summed E-state index contributed by atoms with van der Waals surface area (Å²) in [6.45, 7) is 1.25. The standard InChI is InChI=1S/C14H19ClN2O4S/c15-12-4-1-5-13(7-12)22(20,21)17-6-2-3-11(10-17)8-16-9-14(18)19/h1,4-5,7,11,16H,2-3,6,8-10H2,(H,18,19). The van der Waals surface area contributed by atoms with Gasteiger partial charge in [-0.1, -0.05) is 17.7 Å². The summed E-state index contributed by atoms with van der Waals surface area (Å²) in [5.74, 6) is -0.804. The van der Waals surface area contributed by atoms with Crippen molar-refractivity contribution in [1.29, 1.82) is 0 Å². The van der Waals surface area contributed by atoms with E-state index in [1.165, 1.54) is 16.4 Å². The lowest BCUT2D eigenvalue weighted by molar-refractivity contribution is -0.136. The van der Waals surface area contributed by atoms with Crippen LogP contribution in [-0.2, 0) is 14.8 Å². The Morgan fingerprint density at radius 1 is 1.45 bits per heavy atom. The highest BCUT2D eigenvalue weighted by molar-refractivity contribution is 7.89. The van der Waals surface area contributed by atoms with Crippen LogP contribution in [0.1, 0.15) is 12.8 Å². The van der Waals surface area contributed by atoms with E-state index in [0.717, 1.165) is 12.8 Å². The van der Waals surface area contributed by atoms with Crippen molar-refractivity contribution in [3.8, 4) is 0 Å². The van der Waals surface area contributed by atoms with Crippen LogP contribution in [0.3, 0.4) is 0 Å². The predicted molar refractivity (Wildman–Crippen MR) is 83.4 cm³/mol. The van der Waals surface area contributed by atoms with Crippen LogP contribution < -0.4 is 5.32 Å². The zero-order chi connectivity index (χ0) is 16.2. The lowest BCUT2D eigenvalue weighted by Gasteiger charge is -2.32. The van der Waals surface area contributed by atoms with Crippen molar-refractivity contribution in [2.75, 3.05) is 26.2 Å². The summed E-state index contributed by atoms with van der Waals surface area (Å²) >= 11 is 5.87. The van der Waals surface area contributed by atoms with E-state index in [4.69, 9.17) is 16.7 Å². The van der Waals surface area contributed by atoms with E-state index in [-0.39, 0.29) is 17.4 Å². The van der Waals surface area contributed by atoms with E-state index in [1.807, 2.05) is 0 Å². The number of carbonyl (C=O) groups is 1. The van der Waals surface area contributed by atoms with Gasteiger partial charge in [-0.2, -0.15) is 4.31 Å². The molecule has 6 nitrogen and oxygen atoms in total. The maximum Gasteiger partial charge on any atom is 0.317 e. The fraction of sp³-hybridized carbons (Fsp3) is 0.500. The number of aliphatic carboxylic acids is 1. The minimum atomic E-state index is -3.55. The molecule has 8 heteroatoms. The largest absolute Gasteiger partial charge is 0.480 e. The van der Waals surface area contributed by atoms with Crippen LogP contribution in [-0.4, -0.2) is 50.0 Å². The van der Waals surface area contributed by atoms with E-state index < -0.39 is 16.0 Å². The Labute approximate surface area is 135 Å². The Kier molecular flexibility index (Phi) is 5.80. The van der Waals surface area contributed by atoms with Gasteiger partial charge in [0.25, 0.3) is 0 Å². The predicted octanol–water partition coefficient (Wildman–Crippen LogP) is 1.41. The summed E-state index contributed by atoms with van der Waals surface area (Å²) in [6, 6.07) is 6.23. The molecule has 122 valence electrons. The number of halogens is 1. The Hall–Kier alpha value is -1.15. The lowest BCUT2D eigenvalue weighted by Crippen LogP contribution is -2.43. The molecule has 1 aliphatic heterocycles. The average molecular weight is 347 g/mol. The van der Waals surface area contributed by atoms with E-state index in [2.05, 4.69) is 5.32 Å². The molecule has 2 N–H and O–H groups in total. The van der Waals surface area contributed by atoms with Crippen LogP contribution in [0.5, 0.6) is 0 Å². The van der Waals surface area contributed by atoms with Crippen LogP contribution in [0.25, 0.3) is 0 Å². The van der Waals surface area contributed by atoms with Crippen molar-refractivity contribution in [3.63, 3.8) is 0 Å². The zero-order valence-corrected chi connectivity index (χ0v) is 13.6. The van der Waals surface area contributed by atoms with E-state index in [1.54, 1.807) is 12.1 Å². The first-order valence-electron chi connectivity index (χ1n) is 7.08. The van der Waals surface area contributed by atoms with Gasteiger partial charge in [0.15, 0.2) is 0 Å². The van der Waals surface area contributed by atoms with E-state index >= 15 is 0 Å². The number of benzene rings is 1. The van der Waals surface area contributed by atoms with Crippen molar-refractivity contribution >= 4 is 27.6 Å². The Bertz CT molecular complexity index is 635. The summed E-state index contributed by atoms with van der Waals surface area (Å²) in [7, 11) is -3.55. The molecule has 1 heterocycles. The zero-order valence-electron chi connectivity index (χ0n) is 12.0. The summed E-state index contributed by atoms with van der Waals surface area (Å²) < 4.78 is 26.7. The SMILES string of the molecule is O=C(O)CNCC1CCCN(S(=O)(=O)c2cccc(Cl)c2)C1.